The Labute approximate surface area is 130 Å². The number of aryl methyl sites for hydroxylation is 1. The van der Waals surface area contributed by atoms with Crippen molar-refractivity contribution >= 4 is 0 Å². The normalized spacial score (nSPS) is 13.8. The highest BCUT2D eigenvalue weighted by Crippen LogP contribution is 2.16. The van der Waals surface area contributed by atoms with Gasteiger partial charge >= 0.3 is 0 Å². The van der Waals surface area contributed by atoms with Crippen LogP contribution in [-0.2, 0) is 6.42 Å². The molecular weight excluding hydrogens is 281 g/mol. The van der Waals surface area contributed by atoms with Crippen molar-refractivity contribution in [2.75, 3.05) is 6.54 Å². The smallest absolute Gasteiger partial charge is 0.129 e. The van der Waals surface area contributed by atoms with E-state index in [9.17, 15) is 14.6 Å². The van der Waals surface area contributed by atoms with Gasteiger partial charge in [0, 0.05) is 18.2 Å². The fraction of sp³-hybridized carbons (Fsp3) is 0.333. The maximum atomic E-state index is 13.6. The van der Waals surface area contributed by atoms with E-state index in [1.54, 1.807) is 30.3 Å². The van der Waals surface area contributed by atoms with Gasteiger partial charge < -0.3 is 15.5 Å². The Morgan fingerprint density at radius 3 is 2.45 bits per heavy atom. The van der Waals surface area contributed by atoms with Crippen LogP contribution in [0.1, 0.15) is 30.6 Å². The first kappa shape index (κ1) is 16.5. The summed E-state index contributed by atoms with van der Waals surface area (Å²) >= 11 is 0. The van der Waals surface area contributed by atoms with Gasteiger partial charge in [0.1, 0.15) is 11.6 Å². The number of phenols is 1. The molecule has 2 aromatic carbocycles. The zero-order chi connectivity index (χ0) is 15.9. The van der Waals surface area contributed by atoms with E-state index in [0.717, 1.165) is 18.4 Å². The van der Waals surface area contributed by atoms with Crippen molar-refractivity contribution in [2.45, 2.75) is 31.9 Å². The number of benzene rings is 2. The molecule has 0 spiro atoms. The standard InChI is InChI=1S/C18H22FNO2/c1-13(6-7-14-8-10-15(21)11-9-14)20-12-18(22)16-4-2-3-5-17(16)19/h2-5,8-11,13,18,20-22H,6-7,12H2,1H3/t13-,18-/m1/s1. The molecule has 0 unspecified atom stereocenters. The summed E-state index contributed by atoms with van der Waals surface area (Å²) in [5.74, 6) is -0.114. The molecule has 0 aliphatic carbocycles. The maximum Gasteiger partial charge on any atom is 0.129 e. The minimum Gasteiger partial charge on any atom is -0.508 e. The lowest BCUT2D eigenvalue weighted by Gasteiger charge is -2.18. The van der Waals surface area contributed by atoms with E-state index in [4.69, 9.17) is 0 Å². The zero-order valence-electron chi connectivity index (χ0n) is 12.7. The van der Waals surface area contributed by atoms with Crippen molar-refractivity contribution in [2.24, 2.45) is 0 Å². The van der Waals surface area contributed by atoms with Crippen molar-refractivity contribution in [3.63, 3.8) is 0 Å². The monoisotopic (exact) mass is 303 g/mol. The molecule has 0 saturated carbocycles. The van der Waals surface area contributed by atoms with E-state index >= 15 is 0 Å². The van der Waals surface area contributed by atoms with Gasteiger partial charge in [-0.05, 0) is 43.5 Å². The third-order valence-corrected chi connectivity index (χ3v) is 3.73. The first-order chi connectivity index (χ1) is 10.6. The molecule has 0 radical (unpaired) electrons. The molecule has 0 fully saturated rings. The lowest BCUT2D eigenvalue weighted by molar-refractivity contribution is 0.165. The number of halogens is 1. The van der Waals surface area contributed by atoms with Gasteiger partial charge in [-0.1, -0.05) is 30.3 Å². The van der Waals surface area contributed by atoms with Crippen LogP contribution in [0.25, 0.3) is 0 Å². The van der Waals surface area contributed by atoms with Gasteiger partial charge in [0.05, 0.1) is 6.10 Å². The number of nitrogens with one attached hydrogen (secondary N) is 1. The maximum absolute atomic E-state index is 13.6. The van der Waals surface area contributed by atoms with Gasteiger partial charge in [0.2, 0.25) is 0 Å². The molecule has 0 aromatic heterocycles. The Kier molecular flexibility index (Phi) is 5.92. The first-order valence-electron chi connectivity index (χ1n) is 7.50. The summed E-state index contributed by atoms with van der Waals surface area (Å²) in [5, 5.41) is 22.5. The lowest BCUT2D eigenvalue weighted by Crippen LogP contribution is -2.31. The van der Waals surface area contributed by atoms with Crippen molar-refractivity contribution < 1.29 is 14.6 Å². The van der Waals surface area contributed by atoms with Gasteiger partial charge in [-0.15, -0.1) is 0 Å². The highest BCUT2D eigenvalue weighted by atomic mass is 19.1. The summed E-state index contributed by atoms with van der Waals surface area (Å²) in [6.07, 6.45) is 0.927. The number of phenolic OH excluding ortho intramolecular Hbond substituents is 1. The molecule has 0 aliphatic rings. The van der Waals surface area contributed by atoms with Crippen LogP contribution < -0.4 is 5.32 Å². The van der Waals surface area contributed by atoms with Crippen molar-refractivity contribution in [3.8, 4) is 5.75 Å². The Hall–Kier alpha value is -1.91. The summed E-state index contributed by atoms with van der Waals surface area (Å²) in [5.41, 5.74) is 1.47. The second-order valence-electron chi connectivity index (χ2n) is 5.55. The van der Waals surface area contributed by atoms with E-state index < -0.39 is 6.10 Å². The molecule has 3 nitrogen and oxygen atoms in total. The third-order valence-electron chi connectivity index (χ3n) is 3.73. The summed E-state index contributed by atoms with van der Waals surface area (Å²) in [6.45, 7) is 2.35. The quantitative estimate of drug-likeness (QED) is 0.736. The summed E-state index contributed by atoms with van der Waals surface area (Å²) < 4.78 is 13.6. The van der Waals surface area contributed by atoms with Crippen LogP contribution in [0.3, 0.4) is 0 Å². The fourth-order valence-electron chi connectivity index (χ4n) is 2.32. The summed E-state index contributed by atoms with van der Waals surface area (Å²) in [4.78, 5) is 0. The Balaban J connectivity index is 1.76. The van der Waals surface area contributed by atoms with Crippen molar-refractivity contribution in [1.82, 2.24) is 5.32 Å². The molecule has 118 valence electrons. The van der Waals surface area contributed by atoms with Crippen molar-refractivity contribution in [3.05, 3.63) is 65.5 Å². The molecule has 22 heavy (non-hydrogen) atoms. The van der Waals surface area contributed by atoms with E-state index in [0.29, 0.717) is 12.1 Å². The molecule has 0 bridgehead atoms. The predicted molar refractivity (Wildman–Crippen MR) is 85.3 cm³/mol. The van der Waals surface area contributed by atoms with E-state index in [1.807, 2.05) is 19.1 Å². The molecular formula is C18H22FNO2. The highest BCUT2D eigenvalue weighted by molar-refractivity contribution is 5.26. The lowest BCUT2D eigenvalue weighted by atomic mass is 10.0. The molecule has 2 rings (SSSR count). The number of hydrogen-bond donors (Lipinski definition) is 3. The minimum absolute atomic E-state index is 0.204. The number of aliphatic hydroxyl groups excluding tert-OH is 1. The second kappa shape index (κ2) is 7.92. The molecule has 0 aliphatic heterocycles. The average Bonchev–Trinajstić information content (AvgIpc) is 2.52. The summed E-state index contributed by atoms with van der Waals surface area (Å²) in [7, 11) is 0. The third kappa shape index (κ3) is 4.83. The van der Waals surface area contributed by atoms with Gasteiger partial charge in [0.25, 0.3) is 0 Å². The Bertz CT molecular complexity index is 586. The average molecular weight is 303 g/mol. The second-order valence-corrected chi connectivity index (χ2v) is 5.55. The molecule has 2 aromatic rings. The molecule has 3 N–H and O–H groups in total. The largest absolute Gasteiger partial charge is 0.508 e. The predicted octanol–water partition coefficient (Wildman–Crippen LogP) is 3.18. The first-order valence-corrected chi connectivity index (χ1v) is 7.50. The van der Waals surface area contributed by atoms with Crippen LogP contribution in [0.2, 0.25) is 0 Å². The number of hydrogen-bond acceptors (Lipinski definition) is 3. The number of aromatic hydroxyl groups is 1. The Morgan fingerprint density at radius 2 is 1.77 bits per heavy atom. The molecule has 0 saturated heterocycles. The van der Waals surface area contributed by atoms with Crippen LogP contribution >= 0.6 is 0 Å². The summed E-state index contributed by atoms with van der Waals surface area (Å²) in [6, 6.07) is 13.6. The van der Waals surface area contributed by atoms with E-state index in [2.05, 4.69) is 5.32 Å². The van der Waals surface area contributed by atoms with Crippen molar-refractivity contribution in [1.29, 1.82) is 0 Å². The zero-order valence-corrected chi connectivity index (χ0v) is 12.7. The SMILES string of the molecule is C[C@H](CCc1ccc(O)cc1)NC[C@@H](O)c1ccccc1F. The molecule has 2 atom stereocenters. The highest BCUT2D eigenvalue weighted by Gasteiger charge is 2.13. The number of aliphatic hydroxyl groups is 1. The topological polar surface area (TPSA) is 52.5 Å². The van der Waals surface area contributed by atoms with E-state index in [1.165, 1.54) is 6.07 Å². The van der Waals surface area contributed by atoms with Crippen LogP contribution in [0.4, 0.5) is 4.39 Å². The Morgan fingerprint density at radius 1 is 1.09 bits per heavy atom. The number of rotatable bonds is 7. The van der Waals surface area contributed by atoms with Crippen LogP contribution in [-0.4, -0.2) is 22.8 Å². The fourth-order valence-corrected chi connectivity index (χ4v) is 2.32. The van der Waals surface area contributed by atoms with Gasteiger partial charge in [-0.25, -0.2) is 4.39 Å². The van der Waals surface area contributed by atoms with Crippen LogP contribution in [0, 0.1) is 5.82 Å². The van der Waals surface area contributed by atoms with Gasteiger partial charge in [-0.2, -0.15) is 0 Å². The van der Waals surface area contributed by atoms with Crippen LogP contribution in [0.15, 0.2) is 48.5 Å². The van der Waals surface area contributed by atoms with Gasteiger partial charge in [-0.3, -0.25) is 0 Å². The van der Waals surface area contributed by atoms with E-state index in [-0.39, 0.29) is 17.6 Å². The van der Waals surface area contributed by atoms with Crippen LogP contribution in [0.5, 0.6) is 5.75 Å². The molecule has 4 heteroatoms. The molecule has 0 heterocycles. The minimum atomic E-state index is -0.850. The molecule has 0 amide bonds. The van der Waals surface area contributed by atoms with Gasteiger partial charge in [0.15, 0.2) is 0 Å².